The van der Waals surface area contributed by atoms with Crippen molar-refractivity contribution in [3.05, 3.63) is 35.5 Å². The fraction of sp³-hybridized carbons (Fsp3) is 0.571. The molecule has 1 atom stereocenters. The van der Waals surface area contributed by atoms with E-state index in [2.05, 4.69) is 19.8 Å². The second kappa shape index (κ2) is 5.03. The average Bonchev–Trinajstić information content (AvgIpc) is 3.19. The Kier molecular flexibility index (Phi) is 3.05. The first-order valence-corrected chi connectivity index (χ1v) is 7.15. The lowest BCUT2D eigenvalue weighted by atomic mass is 10.1. The first kappa shape index (κ1) is 12.1. The molecule has 6 heteroatoms. The van der Waals surface area contributed by atoms with Gasteiger partial charge in [-0.2, -0.15) is 5.10 Å². The maximum absolute atomic E-state index is 5.51. The van der Waals surface area contributed by atoms with Crippen LogP contribution in [0.3, 0.4) is 0 Å². The van der Waals surface area contributed by atoms with Crippen LogP contribution in [0, 0.1) is 0 Å². The first-order valence-electron chi connectivity index (χ1n) is 7.15. The number of nitrogens with zero attached hydrogens (tertiary/aromatic N) is 4. The highest BCUT2D eigenvalue weighted by molar-refractivity contribution is 5.24. The smallest absolute Gasteiger partial charge is 0.144 e. The van der Waals surface area contributed by atoms with Gasteiger partial charge < -0.3 is 9.26 Å². The Morgan fingerprint density at radius 2 is 2.40 bits per heavy atom. The lowest BCUT2D eigenvalue weighted by molar-refractivity contribution is 0.102. The summed E-state index contributed by atoms with van der Waals surface area (Å²) >= 11 is 0. The van der Waals surface area contributed by atoms with Crippen LogP contribution >= 0.6 is 0 Å². The van der Waals surface area contributed by atoms with Gasteiger partial charge in [-0.3, -0.25) is 9.58 Å². The predicted octanol–water partition coefficient (Wildman–Crippen LogP) is 1.39. The summed E-state index contributed by atoms with van der Waals surface area (Å²) in [6.45, 7) is 4.33. The molecule has 1 saturated heterocycles. The molecular weight excluding hydrogens is 256 g/mol. The number of ether oxygens (including phenoxy) is 1. The second-order valence-electron chi connectivity index (χ2n) is 5.50. The summed E-state index contributed by atoms with van der Waals surface area (Å²) in [6.07, 6.45) is 5.87. The normalized spacial score (nSPS) is 23.1. The van der Waals surface area contributed by atoms with Crippen molar-refractivity contribution in [1.29, 1.82) is 0 Å². The quantitative estimate of drug-likeness (QED) is 0.846. The Balaban J connectivity index is 1.44. The van der Waals surface area contributed by atoms with Crippen LogP contribution in [0.4, 0.5) is 0 Å². The fourth-order valence-electron chi connectivity index (χ4n) is 3.09. The zero-order chi connectivity index (χ0) is 13.4. The summed E-state index contributed by atoms with van der Waals surface area (Å²) in [4.78, 5) is 2.42. The van der Waals surface area contributed by atoms with Crippen molar-refractivity contribution in [2.45, 2.75) is 32.0 Å². The van der Waals surface area contributed by atoms with Gasteiger partial charge in [0.15, 0.2) is 0 Å². The van der Waals surface area contributed by atoms with Gasteiger partial charge in [0.1, 0.15) is 11.5 Å². The number of hydrogen-bond donors (Lipinski definition) is 0. The van der Waals surface area contributed by atoms with Crippen molar-refractivity contribution in [3.8, 4) is 0 Å². The topological polar surface area (TPSA) is 56.3 Å². The summed E-state index contributed by atoms with van der Waals surface area (Å²) in [5.41, 5.74) is 2.21. The van der Waals surface area contributed by atoms with Crippen LogP contribution in [0.5, 0.6) is 0 Å². The van der Waals surface area contributed by atoms with Crippen LogP contribution in [-0.4, -0.2) is 39.5 Å². The number of aromatic nitrogens is 3. The molecule has 2 aromatic rings. The Morgan fingerprint density at radius 1 is 1.40 bits per heavy atom. The second-order valence-corrected chi connectivity index (χ2v) is 5.50. The average molecular weight is 274 g/mol. The molecule has 2 aliphatic heterocycles. The third-order valence-electron chi connectivity index (χ3n) is 4.19. The Bertz CT molecular complexity index is 578. The SMILES string of the molecule is c1cnn(C2CCN(Cc3noc4c3COCC4)C2)c1. The molecule has 4 heterocycles. The largest absolute Gasteiger partial charge is 0.376 e. The van der Waals surface area contributed by atoms with E-state index in [9.17, 15) is 0 Å². The van der Waals surface area contributed by atoms with Crippen LogP contribution in [-0.2, 0) is 24.3 Å². The van der Waals surface area contributed by atoms with E-state index >= 15 is 0 Å². The molecule has 0 aliphatic carbocycles. The molecule has 2 aliphatic rings. The molecule has 2 aromatic heterocycles. The van der Waals surface area contributed by atoms with Crippen molar-refractivity contribution in [1.82, 2.24) is 19.8 Å². The van der Waals surface area contributed by atoms with Gasteiger partial charge in [-0.25, -0.2) is 0 Å². The van der Waals surface area contributed by atoms with Crippen LogP contribution < -0.4 is 0 Å². The molecule has 20 heavy (non-hydrogen) atoms. The van der Waals surface area contributed by atoms with E-state index in [0.717, 1.165) is 50.5 Å². The van der Waals surface area contributed by atoms with Gasteiger partial charge in [0.2, 0.25) is 0 Å². The molecule has 0 spiro atoms. The van der Waals surface area contributed by atoms with E-state index < -0.39 is 0 Å². The van der Waals surface area contributed by atoms with E-state index in [1.54, 1.807) is 0 Å². The highest BCUT2D eigenvalue weighted by atomic mass is 16.5. The van der Waals surface area contributed by atoms with Crippen LogP contribution in [0.25, 0.3) is 0 Å². The number of fused-ring (bicyclic) bond motifs is 1. The van der Waals surface area contributed by atoms with Gasteiger partial charge in [-0.05, 0) is 12.5 Å². The monoisotopic (exact) mass is 274 g/mol. The van der Waals surface area contributed by atoms with Gasteiger partial charge in [0, 0.05) is 44.0 Å². The molecule has 0 bridgehead atoms. The van der Waals surface area contributed by atoms with Crippen molar-refractivity contribution >= 4 is 0 Å². The summed E-state index contributed by atoms with van der Waals surface area (Å²) in [6, 6.07) is 2.46. The van der Waals surface area contributed by atoms with Gasteiger partial charge in [0.25, 0.3) is 0 Å². The number of hydrogen-bond acceptors (Lipinski definition) is 5. The minimum absolute atomic E-state index is 0.476. The Morgan fingerprint density at radius 3 is 3.30 bits per heavy atom. The van der Waals surface area contributed by atoms with Crippen LogP contribution in [0.15, 0.2) is 23.0 Å². The zero-order valence-corrected chi connectivity index (χ0v) is 11.4. The Hall–Kier alpha value is -1.66. The van der Waals surface area contributed by atoms with Crippen molar-refractivity contribution in [3.63, 3.8) is 0 Å². The fourth-order valence-corrected chi connectivity index (χ4v) is 3.09. The molecule has 1 unspecified atom stereocenters. The predicted molar refractivity (Wildman–Crippen MR) is 71.0 cm³/mol. The van der Waals surface area contributed by atoms with Gasteiger partial charge in [-0.1, -0.05) is 5.16 Å². The van der Waals surface area contributed by atoms with E-state index in [-0.39, 0.29) is 0 Å². The highest BCUT2D eigenvalue weighted by Crippen LogP contribution is 2.25. The lowest BCUT2D eigenvalue weighted by Crippen LogP contribution is -2.22. The maximum atomic E-state index is 5.51. The molecule has 0 aromatic carbocycles. The Labute approximate surface area is 117 Å². The summed E-state index contributed by atoms with van der Waals surface area (Å²) in [5, 5.41) is 8.57. The lowest BCUT2D eigenvalue weighted by Gasteiger charge is -2.16. The van der Waals surface area contributed by atoms with Crippen LogP contribution in [0.1, 0.15) is 29.5 Å². The van der Waals surface area contributed by atoms with E-state index in [1.807, 2.05) is 18.5 Å². The minimum atomic E-state index is 0.476. The van der Waals surface area contributed by atoms with Gasteiger partial charge in [0.05, 0.1) is 19.3 Å². The maximum Gasteiger partial charge on any atom is 0.144 e. The molecule has 106 valence electrons. The first-order chi connectivity index (χ1) is 9.90. The van der Waals surface area contributed by atoms with Gasteiger partial charge >= 0.3 is 0 Å². The number of likely N-dealkylation sites (tertiary alicyclic amines) is 1. The molecule has 1 fully saturated rings. The van der Waals surface area contributed by atoms with Gasteiger partial charge in [-0.15, -0.1) is 0 Å². The standard InChI is InChI=1S/C14H18N4O2/c1-4-15-18(5-1)11-2-6-17(8-11)9-13-12-10-19-7-3-14(12)20-16-13/h1,4-5,11H,2-3,6-10H2. The summed E-state index contributed by atoms with van der Waals surface area (Å²) in [5.74, 6) is 1.01. The molecule has 4 rings (SSSR count). The van der Waals surface area contributed by atoms with Crippen LogP contribution in [0.2, 0.25) is 0 Å². The zero-order valence-electron chi connectivity index (χ0n) is 11.4. The summed E-state index contributed by atoms with van der Waals surface area (Å²) in [7, 11) is 0. The van der Waals surface area contributed by atoms with Crippen molar-refractivity contribution in [2.75, 3.05) is 19.7 Å². The molecule has 0 amide bonds. The summed E-state index contributed by atoms with van der Waals surface area (Å²) < 4.78 is 13.0. The van der Waals surface area contributed by atoms with E-state index in [1.165, 1.54) is 5.56 Å². The number of rotatable bonds is 3. The minimum Gasteiger partial charge on any atom is -0.376 e. The molecular formula is C14H18N4O2. The molecule has 0 radical (unpaired) electrons. The third kappa shape index (κ3) is 2.14. The van der Waals surface area contributed by atoms with Crippen molar-refractivity contribution < 1.29 is 9.26 Å². The van der Waals surface area contributed by atoms with E-state index in [0.29, 0.717) is 12.6 Å². The molecule has 6 nitrogen and oxygen atoms in total. The molecule has 0 saturated carbocycles. The highest BCUT2D eigenvalue weighted by Gasteiger charge is 2.27. The van der Waals surface area contributed by atoms with Crippen molar-refractivity contribution in [2.24, 2.45) is 0 Å². The third-order valence-corrected chi connectivity index (χ3v) is 4.19. The van der Waals surface area contributed by atoms with E-state index in [4.69, 9.17) is 9.26 Å². The molecule has 0 N–H and O–H groups in total.